The second-order valence-electron chi connectivity index (χ2n) is 4.36. The topological polar surface area (TPSA) is 0 Å². The van der Waals surface area contributed by atoms with Crippen molar-refractivity contribution in [2.45, 2.75) is 25.2 Å². The SMILES string of the molecule is CCSCCCC(CBr)(CBr)c1cccc(Br)c1. The van der Waals surface area contributed by atoms with Crippen LogP contribution in [0.2, 0.25) is 0 Å². The molecule has 0 aliphatic rings. The van der Waals surface area contributed by atoms with Crippen molar-refractivity contribution in [2.75, 3.05) is 22.2 Å². The molecule has 0 unspecified atom stereocenters. The second-order valence-corrected chi connectivity index (χ2v) is 7.79. The first-order valence-corrected chi connectivity index (χ1v) is 10.3. The number of thioether (sulfide) groups is 1. The number of hydrogen-bond acceptors (Lipinski definition) is 1. The molecule has 0 N–H and O–H groups in total. The van der Waals surface area contributed by atoms with Crippen molar-refractivity contribution in [3.05, 3.63) is 34.3 Å². The zero-order valence-electron chi connectivity index (χ0n) is 10.6. The Labute approximate surface area is 140 Å². The molecule has 0 aliphatic heterocycles. The van der Waals surface area contributed by atoms with Gasteiger partial charge in [0.25, 0.3) is 0 Å². The number of alkyl halides is 2. The normalized spacial score (nSPS) is 11.8. The van der Waals surface area contributed by atoms with Gasteiger partial charge in [0.2, 0.25) is 0 Å². The molecule has 0 aliphatic carbocycles. The summed E-state index contributed by atoms with van der Waals surface area (Å²) >= 11 is 13.0. The van der Waals surface area contributed by atoms with Crippen molar-refractivity contribution >= 4 is 59.6 Å². The maximum absolute atomic E-state index is 3.71. The van der Waals surface area contributed by atoms with Crippen molar-refractivity contribution in [2.24, 2.45) is 0 Å². The maximum atomic E-state index is 3.71. The van der Waals surface area contributed by atoms with Gasteiger partial charge in [-0.3, -0.25) is 0 Å². The molecule has 0 heterocycles. The lowest BCUT2D eigenvalue weighted by atomic mass is 9.80. The van der Waals surface area contributed by atoms with Crippen LogP contribution in [0, 0.1) is 0 Å². The third-order valence-corrected chi connectivity index (χ3v) is 6.72. The summed E-state index contributed by atoms with van der Waals surface area (Å²) in [4.78, 5) is 0. The lowest BCUT2D eigenvalue weighted by Crippen LogP contribution is -2.30. The molecule has 102 valence electrons. The number of benzene rings is 1. The monoisotopic (exact) mass is 456 g/mol. The maximum Gasteiger partial charge on any atom is 0.0178 e. The van der Waals surface area contributed by atoms with Gasteiger partial charge in [0.1, 0.15) is 0 Å². The second kappa shape index (κ2) is 9.04. The first kappa shape index (κ1) is 17.1. The van der Waals surface area contributed by atoms with Crippen LogP contribution in [-0.2, 0) is 5.41 Å². The van der Waals surface area contributed by atoms with Crippen LogP contribution in [0.5, 0.6) is 0 Å². The van der Waals surface area contributed by atoms with Crippen LogP contribution in [0.4, 0.5) is 0 Å². The summed E-state index contributed by atoms with van der Waals surface area (Å²) < 4.78 is 1.16. The first-order valence-electron chi connectivity index (χ1n) is 6.14. The molecular formula is C14H19Br3S. The Morgan fingerprint density at radius 3 is 2.50 bits per heavy atom. The van der Waals surface area contributed by atoms with E-state index in [2.05, 4.69) is 79.0 Å². The van der Waals surface area contributed by atoms with Gasteiger partial charge in [0.05, 0.1) is 0 Å². The highest BCUT2D eigenvalue weighted by molar-refractivity contribution is 9.10. The van der Waals surface area contributed by atoms with Gasteiger partial charge in [-0.05, 0) is 42.0 Å². The molecule has 0 saturated heterocycles. The van der Waals surface area contributed by atoms with Gasteiger partial charge >= 0.3 is 0 Å². The Morgan fingerprint density at radius 2 is 1.94 bits per heavy atom. The highest BCUT2D eigenvalue weighted by Gasteiger charge is 2.29. The molecule has 1 aromatic carbocycles. The van der Waals surface area contributed by atoms with E-state index < -0.39 is 0 Å². The smallest absolute Gasteiger partial charge is 0.0178 e. The molecule has 1 rings (SSSR count). The molecule has 0 aromatic heterocycles. The van der Waals surface area contributed by atoms with E-state index in [1.165, 1.54) is 29.9 Å². The summed E-state index contributed by atoms with van der Waals surface area (Å²) in [6.45, 7) is 2.22. The van der Waals surface area contributed by atoms with Gasteiger partial charge < -0.3 is 0 Å². The van der Waals surface area contributed by atoms with Crippen LogP contribution in [0.3, 0.4) is 0 Å². The summed E-state index contributed by atoms with van der Waals surface area (Å²) in [6.07, 6.45) is 2.48. The standard InChI is InChI=1S/C14H19Br3S/c1-2-18-8-4-7-14(10-15,11-16)12-5-3-6-13(17)9-12/h3,5-6,9H,2,4,7-8,10-11H2,1H3. The van der Waals surface area contributed by atoms with E-state index in [0.717, 1.165) is 15.1 Å². The summed E-state index contributed by atoms with van der Waals surface area (Å²) in [6, 6.07) is 8.69. The van der Waals surface area contributed by atoms with Crippen LogP contribution in [-0.4, -0.2) is 22.2 Å². The zero-order valence-corrected chi connectivity index (χ0v) is 16.2. The van der Waals surface area contributed by atoms with E-state index >= 15 is 0 Å². The highest BCUT2D eigenvalue weighted by Crippen LogP contribution is 2.35. The fourth-order valence-electron chi connectivity index (χ4n) is 1.94. The lowest BCUT2D eigenvalue weighted by Gasteiger charge is -2.31. The van der Waals surface area contributed by atoms with E-state index in [1.807, 2.05) is 11.8 Å². The minimum atomic E-state index is 0.206. The summed E-state index contributed by atoms with van der Waals surface area (Å²) in [5.74, 6) is 2.47. The van der Waals surface area contributed by atoms with E-state index in [4.69, 9.17) is 0 Å². The van der Waals surface area contributed by atoms with Gasteiger partial charge in [-0.2, -0.15) is 11.8 Å². The summed E-state index contributed by atoms with van der Waals surface area (Å²) in [7, 11) is 0. The molecule has 4 heteroatoms. The minimum absolute atomic E-state index is 0.206. The van der Waals surface area contributed by atoms with Crippen molar-refractivity contribution in [1.29, 1.82) is 0 Å². The van der Waals surface area contributed by atoms with Gasteiger partial charge in [-0.15, -0.1) is 0 Å². The molecule has 0 bridgehead atoms. The molecule has 0 saturated carbocycles. The third kappa shape index (κ3) is 4.84. The summed E-state index contributed by atoms with van der Waals surface area (Å²) in [5.41, 5.74) is 1.62. The Hall–Kier alpha value is 1.01. The van der Waals surface area contributed by atoms with Crippen LogP contribution < -0.4 is 0 Å². The van der Waals surface area contributed by atoms with Crippen molar-refractivity contribution in [1.82, 2.24) is 0 Å². The van der Waals surface area contributed by atoms with Gasteiger partial charge in [0.15, 0.2) is 0 Å². The van der Waals surface area contributed by atoms with Gasteiger partial charge in [-0.25, -0.2) is 0 Å². The molecule has 18 heavy (non-hydrogen) atoms. The van der Waals surface area contributed by atoms with Gasteiger partial charge in [-0.1, -0.05) is 66.8 Å². The Balaban J connectivity index is 2.79. The summed E-state index contributed by atoms with van der Waals surface area (Å²) in [5, 5.41) is 2.00. The number of halogens is 3. The minimum Gasteiger partial charge on any atom is -0.162 e. The largest absolute Gasteiger partial charge is 0.162 e. The Morgan fingerprint density at radius 1 is 1.22 bits per heavy atom. The molecule has 1 aromatic rings. The van der Waals surface area contributed by atoms with Gasteiger partial charge in [0, 0.05) is 20.5 Å². The van der Waals surface area contributed by atoms with Crippen molar-refractivity contribution in [3.63, 3.8) is 0 Å². The van der Waals surface area contributed by atoms with Crippen LogP contribution in [0.15, 0.2) is 28.7 Å². The van der Waals surface area contributed by atoms with Crippen molar-refractivity contribution in [3.8, 4) is 0 Å². The molecule has 0 radical (unpaired) electrons. The molecule has 0 amide bonds. The van der Waals surface area contributed by atoms with E-state index in [0.29, 0.717) is 0 Å². The molecule has 0 spiro atoms. The fraction of sp³-hybridized carbons (Fsp3) is 0.571. The molecule has 0 fully saturated rings. The Kier molecular flexibility index (Phi) is 8.57. The zero-order chi connectivity index (χ0) is 13.4. The highest BCUT2D eigenvalue weighted by atomic mass is 79.9. The van der Waals surface area contributed by atoms with Crippen molar-refractivity contribution < 1.29 is 0 Å². The quantitative estimate of drug-likeness (QED) is 0.339. The average Bonchev–Trinajstić information content (AvgIpc) is 2.40. The van der Waals surface area contributed by atoms with E-state index in [1.54, 1.807) is 0 Å². The van der Waals surface area contributed by atoms with E-state index in [9.17, 15) is 0 Å². The van der Waals surface area contributed by atoms with Crippen LogP contribution in [0.25, 0.3) is 0 Å². The third-order valence-electron chi connectivity index (χ3n) is 3.10. The first-order chi connectivity index (χ1) is 8.68. The molecule has 0 nitrogen and oxygen atoms in total. The molecular weight excluding hydrogens is 440 g/mol. The number of rotatable bonds is 8. The Bertz CT molecular complexity index is 351. The van der Waals surface area contributed by atoms with E-state index in [-0.39, 0.29) is 5.41 Å². The lowest BCUT2D eigenvalue weighted by molar-refractivity contribution is 0.499. The van der Waals surface area contributed by atoms with Crippen LogP contribution in [0.1, 0.15) is 25.3 Å². The average molecular weight is 459 g/mol. The molecule has 0 atom stereocenters. The predicted molar refractivity (Wildman–Crippen MR) is 95.6 cm³/mol. The fourth-order valence-corrected chi connectivity index (χ4v) is 5.12. The predicted octanol–water partition coefficient (Wildman–Crippen LogP) is 6.01. The number of hydrogen-bond donors (Lipinski definition) is 0. The van der Waals surface area contributed by atoms with Crippen LogP contribution >= 0.6 is 59.6 Å².